The fourth-order valence-corrected chi connectivity index (χ4v) is 3.58. The molecular weight excluding hydrogens is 302 g/mol. The summed E-state index contributed by atoms with van der Waals surface area (Å²) in [6, 6.07) is 4.01. The van der Waals surface area contributed by atoms with Gasteiger partial charge in [0, 0.05) is 16.6 Å². The number of rotatable bonds is 3. The lowest BCUT2D eigenvalue weighted by Crippen LogP contribution is -2.24. The highest BCUT2D eigenvalue weighted by Gasteiger charge is 2.17. The van der Waals surface area contributed by atoms with E-state index in [4.69, 9.17) is 0 Å². The third-order valence-corrected chi connectivity index (χ3v) is 4.71. The molecule has 0 aromatic heterocycles. The summed E-state index contributed by atoms with van der Waals surface area (Å²) in [5.41, 5.74) is 1.99. The van der Waals surface area contributed by atoms with Crippen LogP contribution in [-0.2, 0) is 6.54 Å². The molecule has 3 heteroatoms. The first-order chi connectivity index (χ1) is 9.10. The van der Waals surface area contributed by atoms with Crippen LogP contribution in [-0.4, -0.2) is 23.1 Å². The molecule has 1 saturated heterocycles. The Morgan fingerprint density at radius 1 is 1.32 bits per heavy atom. The number of aryl methyl sites for hydroxylation is 1. The Hall–Kier alpha value is -0.540. The number of nitrogens with zero attached hydrogens (tertiary/aromatic N) is 1. The van der Waals surface area contributed by atoms with Crippen molar-refractivity contribution >= 4 is 15.9 Å². The molecule has 0 bridgehead atoms. The lowest BCUT2D eigenvalue weighted by molar-refractivity contribution is 0.268. The lowest BCUT2D eigenvalue weighted by atomic mass is 9.98. The van der Waals surface area contributed by atoms with E-state index in [1.807, 2.05) is 19.1 Å². The molecule has 1 N–H and O–H groups in total. The van der Waals surface area contributed by atoms with E-state index in [0.717, 1.165) is 41.2 Å². The predicted octanol–water partition coefficient (Wildman–Crippen LogP) is 4.48. The zero-order valence-electron chi connectivity index (χ0n) is 12.0. The van der Waals surface area contributed by atoms with E-state index < -0.39 is 0 Å². The van der Waals surface area contributed by atoms with Crippen LogP contribution in [0, 0.1) is 12.8 Å². The highest BCUT2D eigenvalue weighted by molar-refractivity contribution is 9.10. The third-order valence-electron chi connectivity index (χ3n) is 4.26. The summed E-state index contributed by atoms with van der Waals surface area (Å²) in [6.45, 7) is 7.43. The van der Waals surface area contributed by atoms with E-state index in [-0.39, 0.29) is 0 Å². The second-order valence-electron chi connectivity index (χ2n) is 5.71. The molecule has 2 nitrogen and oxygen atoms in total. The fourth-order valence-electron chi connectivity index (χ4n) is 2.96. The van der Waals surface area contributed by atoms with Crippen LogP contribution < -0.4 is 0 Å². The van der Waals surface area contributed by atoms with Gasteiger partial charge in [0.25, 0.3) is 0 Å². The quantitative estimate of drug-likeness (QED) is 0.885. The van der Waals surface area contributed by atoms with Gasteiger partial charge in [-0.15, -0.1) is 0 Å². The highest BCUT2D eigenvalue weighted by Crippen LogP contribution is 2.29. The maximum atomic E-state index is 10.2. The van der Waals surface area contributed by atoms with Gasteiger partial charge >= 0.3 is 0 Å². The van der Waals surface area contributed by atoms with Crippen LogP contribution in [0.15, 0.2) is 16.6 Å². The summed E-state index contributed by atoms with van der Waals surface area (Å²) in [4.78, 5) is 2.48. The maximum absolute atomic E-state index is 10.2. The molecule has 0 radical (unpaired) electrons. The highest BCUT2D eigenvalue weighted by atomic mass is 79.9. The van der Waals surface area contributed by atoms with Gasteiger partial charge < -0.3 is 5.11 Å². The zero-order valence-corrected chi connectivity index (χ0v) is 13.5. The van der Waals surface area contributed by atoms with Crippen LogP contribution in [0.3, 0.4) is 0 Å². The maximum Gasteiger partial charge on any atom is 0.123 e. The van der Waals surface area contributed by atoms with Gasteiger partial charge in [-0.1, -0.05) is 29.3 Å². The minimum atomic E-state index is 0.458. The minimum Gasteiger partial charge on any atom is -0.507 e. The Labute approximate surface area is 124 Å². The first-order valence-electron chi connectivity index (χ1n) is 7.30. The molecule has 0 saturated carbocycles. The van der Waals surface area contributed by atoms with Gasteiger partial charge in [0.05, 0.1) is 0 Å². The van der Waals surface area contributed by atoms with Gasteiger partial charge in [-0.05, 0) is 62.9 Å². The van der Waals surface area contributed by atoms with Crippen molar-refractivity contribution in [2.24, 2.45) is 5.92 Å². The molecule has 1 unspecified atom stereocenters. The standard InChI is InChI=1S/C16H24BrNO/c1-3-13-5-4-7-18(8-6-13)11-14-10-15(17)9-12(2)16(14)19/h9-10,13,19H,3-8,11H2,1-2H3. The summed E-state index contributed by atoms with van der Waals surface area (Å²) in [5.74, 6) is 1.35. The van der Waals surface area contributed by atoms with E-state index in [1.54, 1.807) is 0 Å². The van der Waals surface area contributed by atoms with Gasteiger partial charge in [0.2, 0.25) is 0 Å². The third kappa shape index (κ3) is 3.96. The first-order valence-corrected chi connectivity index (χ1v) is 8.09. The molecule has 2 rings (SSSR count). The van der Waals surface area contributed by atoms with Gasteiger partial charge in [-0.2, -0.15) is 0 Å². The van der Waals surface area contributed by atoms with E-state index in [0.29, 0.717) is 5.75 Å². The Morgan fingerprint density at radius 3 is 2.84 bits per heavy atom. The number of phenolic OH excluding ortho intramolecular Hbond substituents is 1. The molecule has 0 spiro atoms. The number of hydrogen-bond donors (Lipinski definition) is 1. The summed E-state index contributed by atoms with van der Waals surface area (Å²) in [5, 5.41) is 10.2. The topological polar surface area (TPSA) is 23.5 Å². The van der Waals surface area contributed by atoms with Gasteiger partial charge in [-0.3, -0.25) is 4.90 Å². The molecule has 1 heterocycles. The molecular formula is C16H24BrNO. The molecule has 106 valence electrons. The lowest BCUT2D eigenvalue weighted by Gasteiger charge is -2.21. The Kier molecular flexibility index (Phi) is 5.28. The summed E-state index contributed by atoms with van der Waals surface area (Å²) in [6.07, 6.45) is 5.24. The normalized spacial score (nSPS) is 21.3. The van der Waals surface area contributed by atoms with Crippen molar-refractivity contribution in [1.29, 1.82) is 0 Å². The molecule has 19 heavy (non-hydrogen) atoms. The van der Waals surface area contributed by atoms with Gasteiger partial charge in [0.15, 0.2) is 0 Å². The van der Waals surface area contributed by atoms with Crippen LogP contribution in [0.25, 0.3) is 0 Å². The second-order valence-corrected chi connectivity index (χ2v) is 6.63. The largest absolute Gasteiger partial charge is 0.507 e. The molecule has 1 aromatic carbocycles. The van der Waals surface area contributed by atoms with E-state index in [2.05, 4.69) is 27.8 Å². The van der Waals surface area contributed by atoms with Crippen molar-refractivity contribution < 1.29 is 5.11 Å². The Balaban J connectivity index is 2.05. The van der Waals surface area contributed by atoms with E-state index in [1.165, 1.54) is 25.7 Å². The smallest absolute Gasteiger partial charge is 0.123 e. The SMILES string of the molecule is CCC1CCCN(Cc2cc(Br)cc(C)c2O)CC1. The minimum absolute atomic E-state index is 0.458. The zero-order chi connectivity index (χ0) is 13.8. The average molecular weight is 326 g/mol. The molecule has 0 aliphatic carbocycles. The van der Waals surface area contributed by atoms with Gasteiger partial charge in [-0.25, -0.2) is 0 Å². The monoisotopic (exact) mass is 325 g/mol. The van der Waals surface area contributed by atoms with Crippen LogP contribution in [0.1, 0.15) is 43.7 Å². The Morgan fingerprint density at radius 2 is 2.11 bits per heavy atom. The summed E-state index contributed by atoms with van der Waals surface area (Å²) >= 11 is 3.52. The van der Waals surface area contributed by atoms with Crippen LogP contribution in [0.5, 0.6) is 5.75 Å². The van der Waals surface area contributed by atoms with Crippen molar-refractivity contribution in [2.75, 3.05) is 13.1 Å². The van der Waals surface area contributed by atoms with Crippen molar-refractivity contribution in [1.82, 2.24) is 4.90 Å². The molecule has 1 atom stereocenters. The molecule has 1 aromatic rings. The molecule has 1 aliphatic heterocycles. The van der Waals surface area contributed by atoms with Gasteiger partial charge in [0.1, 0.15) is 5.75 Å². The molecule has 1 fully saturated rings. The number of benzene rings is 1. The summed E-state index contributed by atoms with van der Waals surface area (Å²) < 4.78 is 1.05. The first kappa shape index (κ1) is 14.9. The van der Waals surface area contributed by atoms with Crippen LogP contribution in [0.2, 0.25) is 0 Å². The summed E-state index contributed by atoms with van der Waals surface area (Å²) in [7, 11) is 0. The van der Waals surface area contributed by atoms with Crippen LogP contribution in [0.4, 0.5) is 0 Å². The number of aromatic hydroxyl groups is 1. The Bertz CT molecular complexity index is 433. The predicted molar refractivity (Wildman–Crippen MR) is 83.5 cm³/mol. The fraction of sp³-hybridized carbons (Fsp3) is 0.625. The van der Waals surface area contributed by atoms with Crippen LogP contribution >= 0.6 is 15.9 Å². The molecule has 1 aliphatic rings. The van der Waals surface area contributed by atoms with Crippen molar-refractivity contribution in [3.63, 3.8) is 0 Å². The average Bonchev–Trinajstić information content (AvgIpc) is 2.60. The van der Waals surface area contributed by atoms with Crippen molar-refractivity contribution in [2.45, 2.75) is 46.1 Å². The van der Waals surface area contributed by atoms with Crippen molar-refractivity contribution in [3.05, 3.63) is 27.7 Å². The molecule has 0 amide bonds. The number of likely N-dealkylation sites (tertiary alicyclic amines) is 1. The number of halogens is 1. The van der Waals surface area contributed by atoms with Crippen molar-refractivity contribution in [3.8, 4) is 5.75 Å². The number of hydrogen-bond acceptors (Lipinski definition) is 2. The van der Waals surface area contributed by atoms with E-state index in [9.17, 15) is 5.11 Å². The number of phenols is 1. The second kappa shape index (κ2) is 6.76. The van der Waals surface area contributed by atoms with E-state index >= 15 is 0 Å².